The highest BCUT2D eigenvalue weighted by Crippen LogP contribution is 2.39. The normalized spacial score (nSPS) is 9.94. The molecule has 0 fully saturated rings. The molecule has 0 atom stereocenters. The third-order valence-corrected chi connectivity index (χ3v) is 2.28. The van der Waals surface area contributed by atoms with Gasteiger partial charge < -0.3 is 14.6 Å². The maximum atomic E-state index is 11.8. The molecule has 0 aliphatic rings. The second-order valence-electron chi connectivity index (χ2n) is 3.37. The van der Waals surface area contributed by atoms with Gasteiger partial charge in [-0.2, -0.15) is 0 Å². The molecule has 0 aliphatic heterocycles. The minimum absolute atomic E-state index is 0.0161. The molecule has 4 heteroatoms. The molecule has 0 aromatic heterocycles. The maximum Gasteiger partial charge on any atom is 0.203 e. The first-order chi connectivity index (χ1) is 7.65. The largest absolute Gasteiger partial charge is 0.504 e. The van der Waals surface area contributed by atoms with Crippen LogP contribution in [0.25, 0.3) is 0 Å². The molecular formula is C12H16O4. The average molecular weight is 224 g/mol. The number of hydrogen-bond donors (Lipinski definition) is 1. The van der Waals surface area contributed by atoms with Crippen molar-refractivity contribution in [2.75, 3.05) is 14.2 Å². The van der Waals surface area contributed by atoms with E-state index in [4.69, 9.17) is 9.47 Å². The molecule has 1 aromatic rings. The van der Waals surface area contributed by atoms with Crippen LogP contribution >= 0.6 is 0 Å². The number of ketones is 1. The summed E-state index contributed by atoms with van der Waals surface area (Å²) >= 11 is 0. The predicted octanol–water partition coefficient (Wildman–Crippen LogP) is 2.39. The van der Waals surface area contributed by atoms with E-state index in [0.29, 0.717) is 17.7 Å². The van der Waals surface area contributed by atoms with E-state index in [1.54, 1.807) is 6.07 Å². The number of hydrogen-bond acceptors (Lipinski definition) is 4. The number of methoxy groups -OCH3 is 2. The number of Topliss-reactive ketones (excluding diaryl/α,β-unsaturated/α-hetero) is 1. The number of ether oxygens (including phenoxy) is 2. The van der Waals surface area contributed by atoms with E-state index >= 15 is 0 Å². The van der Waals surface area contributed by atoms with Crippen LogP contribution in [0.1, 0.15) is 30.1 Å². The molecule has 0 bridgehead atoms. The number of aromatic hydroxyl groups is 1. The van der Waals surface area contributed by atoms with Crippen molar-refractivity contribution in [1.82, 2.24) is 0 Å². The Hall–Kier alpha value is -1.71. The van der Waals surface area contributed by atoms with Crippen LogP contribution in [0, 0.1) is 0 Å². The summed E-state index contributed by atoms with van der Waals surface area (Å²) < 4.78 is 10.1. The Bertz CT molecular complexity index is 385. The molecule has 0 spiro atoms. The maximum absolute atomic E-state index is 11.8. The predicted molar refractivity (Wildman–Crippen MR) is 60.4 cm³/mol. The molecule has 0 saturated carbocycles. The Labute approximate surface area is 94.8 Å². The molecule has 1 aromatic carbocycles. The minimum atomic E-state index is -0.0348. The first-order valence-electron chi connectivity index (χ1n) is 5.12. The van der Waals surface area contributed by atoms with Gasteiger partial charge in [-0.1, -0.05) is 6.92 Å². The molecule has 4 nitrogen and oxygen atoms in total. The van der Waals surface area contributed by atoms with Gasteiger partial charge >= 0.3 is 0 Å². The van der Waals surface area contributed by atoms with Gasteiger partial charge in [-0.15, -0.1) is 0 Å². The number of rotatable bonds is 5. The summed E-state index contributed by atoms with van der Waals surface area (Å²) in [5, 5.41) is 9.54. The van der Waals surface area contributed by atoms with Gasteiger partial charge in [0.15, 0.2) is 17.3 Å². The number of phenols is 1. The summed E-state index contributed by atoms with van der Waals surface area (Å²) in [6, 6.07) is 2.99. The summed E-state index contributed by atoms with van der Waals surface area (Å²) in [5.74, 6) is 0.440. The molecule has 0 heterocycles. The summed E-state index contributed by atoms with van der Waals surface area (Å²) in [5.41, 5.74) is 0.444. The summed E-state index contributed by atoms with van der Waals surface area (Å²) in [7, 11) is 2.87. The Balaban J connectivity index is 3.24. The van der Waals surface area contributed by atoms with Gasteiger partial charge in [-0.05, 0) is 18.6 Å². The van der Waals surface area contributed by atoms with Gasteiger partial charge in [0.25, 0.3) is 0 Å². The zero-order valence-electron chi connectivity index (χ0n) is 9.74. The summed E-state index contributed by atoms with van der Waals surface area (Å²) in [4.78, 5) is 11.8. The molecule has 0 amide bonds. The standard InChI is InChI=1S/C12H16O4/c1-4-5-9(13)8-6-7-10(14)12(16-3)11(8)15-2/h6-7,14H,4-5H2,1-3H3. The van der Waals surface area contributed by atoms with Crippen molar-refractivity contribution in [3.8, 4) is 17.2 Å². The number of carbonyl (C=O) groups is 1. The summed E-state index contributed by atoms with van der Waals surface area (Å²) in [6.07, 6.45) is 1.22. The lowest BCUT2D eigenvalue weighted by atomic mass is 10.0. The van der Waals surface area contributed by atoms with Gasteiger partial charge in [0.2, 0.25) is 5.75 Å². The van der Waals surface area contributed by atoms with Gasteiger partial charge in [0, 0.05) is 6.42 Å². The molecule has 1 N–H and O–H groups in total. The van der Waals surface area contributed by atoms with Gasteiger partial charge in [-0.3, -0.25) is 4.79 Å². The van der Waals surface area contributed by atoms with E-state index < -0.39 is 0 Å². The van der Waals surface area contributed by atoms with Crippen LogP contribution in [0.4, 0.5) is 0 Å². The van der Waals surface area contributed by atoms with Crippen molar-refractivity contribution in [1.29, 1.82) is 0 Å². The lowest BCUT2D eigenvalue weighted by molar-refractivity contribution is 0.0978. The highest BCUT2D eigenvalue weighted by atomic mass is 16.5. The zero-order chi connectivity index (χ0) is 12.1. The first kappa shape index (κ1) is 12.4. The lowest BCUT2D eigenvalue weighted by Crippen LogP contribution is -2.03. The Morgan fingerprint density at radius 3 is 2.38 bits per heavy atom. The molecule has 16 heavy (non-hydrogen) atoms. The van der Waals surface area contributed by atoms with Gasteiger partial charge in [0.05, 0.1) is 19.8 Å². The lowest BCUT2D eigenvalue weighted by Gasteiger charge is -2.12. The number of benzene rings is 1. The monoisotopic (exact) mass is 224 g/mol. The number of carbonyl (C=O) groups excluding carboxylic acids is 1. The second-order valence-corrected chi connectivity index (χ2v) is 3.37. The van der Waals surface area contributed by atoms with Crippen molar-refractivity contribution in [2.24, 2.45) is 0 Å². The van der Waals surface area contributed by atoms with Crippen molar-refractivity contribution >= 4 is 5.78 Å². The highest BCUT2D eigenvalue weighted by Gasteiger charge is 2.18. The van der Waals surface area contributed by atoms with Gasteiger partial charge in [-0.25, -0.2) is 0 Å². The fourth-order valence-corrected chi connectivity index (χ4v) is 1.53. The SMILES string of the molecule is CCCC(=O)c1ccc(O)c(OC)c1OC. The quantitative estimate of drug-likeness (QED) is 0.780. The molecule has 0 aliphatic carbocycles. The zero-order valence-corrected chi connectivity index (χ0v) is 9.74. The van der Waals surface area contributed by atoms with E-state index in [0.717, 1.165) is 6.42 Å². The van der Waals surface area contributed by atoms with Crippen LogP contribution < -0.4 is 9.47 Å². The first-order valence-corrected chi connectivity index (χ1v) is 5.12. The van der Waals surface area contributed by atoms with E-state index in [-0.39, 0.29) is 17.3 Å². The van der Waals surface area contributed by atoms with E-state index in [1.165, 1.54) is 20.3 Å². The Kier molecular flexibility index (Phi) is 4.17. The van der Waals surface area contributed by atoms with Crippen molar-refractivity contribution in [2.45, 2.75) is 19.8 Å². The summed E-state index contributed by atoms with van der Waals surface area (Å²) in [6.45, 7) is 1.93. The molecule has 0 unspecified atom stereocenters. The Morgan fingerprint density at radius 2 is 1.88 bits per heavy atom. The molecule has 0 radical (unpaired) electrons. The van der Waals surface area contributed by atoms with Crippen LogP contribution in [0.2, 0.25) is 0 Å². The van der Waals surface area contributed by atoms with Crippen LogP contribution in [0.3, 0.4) is 0 Å². The third kappa shape index (κ3) is 2.27. The topological polar surface area (TPSA) is 55.8 Å². The molecule has 1 rings (SSSR count). The molecule has 88 valence electrons. The van der Waals surface area contributed by atoms with Crippen LogP contribution in [-0.2, 0) is 0 Å². The van der Waals surface area contributed by atoms with E-state index in [9.17, 15) is 9.90 Å². The number of phenolic OH excluding ortho intramolecular Hbond substituents is 1. The fourth-order valence-electron chi connectivity index (χ4n) is 1.53. The molecular weight excluding hydrogens is 208 g/mol. The Morgan fingerprint density at radius 1 is 1.25 bits per heavy atom. The van der Waals surface area contributed by atoms with E-state index in [2.05, 4.69) is 0 Å². The average Bonchev–Trinajstić information content (AvgIpc) is 2.28. The highest BCUT2D eigenvalue weighted by molar-refractivity contribution is 5.99. The third-order valence-electron chi connectivity index (χ3n) is 2.28. The van der Waals surface area contributed by atoms with Crippen molar-refractivity contribution in [3.05, 3.63) is 17.7 Å². The van der Waals surface area contributed by atoms with Crippen LogP contribution in [-0.4, -0.2) is 25.1 Å². The molecule has 0 saturated heterocycles. The minimum Gasteiger partial charge on any atom is -0.504 e. The second kappa shape index (κ2) is 5.39. The fraction of sp³-hybridized carbons (Fsp3) is 0.417. The smallest absolute Gasteiger partial charge is 0.203 e. The van der Waals surface area contributed by atoms with Gasteiger partial charge in [0.1, 0.15) is 0 Å². The van der Waals surface area contributed by atoms with Crippen LogP contribution in [0.5, 0.6) is 17.2 Å². The van der Waals surface area contributed by atoms with Crippen LogP contribution in [0.15, 0.2) is 12.1 Å². The van der Waals surface area contributed by atoms with Crippen molar-refractivity contribution in [3.63, 3.8) is 0 Å². The van der Waals surface area contributed by atoms with Crippen molar-refractivity contribution < 1.29 is 19.4 Å². The van der Waals surface area contributed by atoms with E-state index in [1.807, 2.05) is 6.92 Å².